The minimum Gasteiger partial charge on any atom is -0.493 e. The number of carbonyl (C=O) groups is 2. The van der Waals surface area contributed by atoms with Crippen LogP contribution in [0.3, 0.4) is 0 Å². The molecule has 0 atom stereocenters. The maximum absolute atomic E-state index is 14.3. The van der Waals surface area contributed by atoms with E-state index in [1.807, 2.05) is 0 Å². The van der Waals surface area contributed by atoms with Crippen LogP contribution < -0.4 is 4.74 Å². The van der Waals surface area contributed by atoms with E-state index in [-0.39, 0.29) is 29.1 Å². The van der Waals surface area contributed by atoms with Crippen molar-refractivity contribution in [1.82, 2.24) is 4.90 Å². The number of halogens is 2. The average Bonchev–Trinajstić information content (AvgIpc) is 2.88. The summed E-state index contributed by atoms with van der Waals surface area (Å²) >= 11 is 6.19. The molecule has 2 aliphatic heterocycles. The molecule has 7 heteroatoms. The van der Waals surface area contributed by atoms with E-state index in [0.717, 1.165) is 4.90 Å². The number of rotatable bonds is 3. The zero-order valence-corrected chi connectivity index (χ0v) is 14.6. The monoisotopic (exact) mass is 372 g/mol. The fraction of sp³-hybridized carbons (Fsp3) is 0.211. The Balaban J connectivity index is 1.75. The second-order valence-electron chi connectivity index (χ2n) is 6.05. The number of aliphatic imine (C=N–C) groups is 1. The van der Waals surface area contributed by atoms with Crippen molar-refractivity contribution in [2.45, 2.75) is 6.42 Å². The van der Waals surface area contributed by atoms with Gasteiger partial charge in [0.15, 0.2) is 11.6 Å². The molecule has 132 valence electrons. The van der Waals surface area contributed by atoms with Gasteiger partial charge >= 0.3 is 0 Å². The zero-order valence-electron chi connectivity index (χ0n) is 13.9. The fourth-order valence-electron chi connectivity index (χ4n) is 3.43. The van der Waals surface area contributed by atoms with Crippen LogP contribution in [0.15, 0.2) is 35.3 Å². The van der Waals surface area contributed by atoms with Gasteiger partial charge in [0.2, 0.25) is 0 Å². The normalized spacial score (nSPS) is 15.7. The van der Waals surface area contributed by atoms with Crippen LogP contribution in [-0.2, 0) is 6.42 Å². The molecule has 0 bridgehead atoms. The molecule has 2 aliphatic rings. The van der Waals surface area contributed by atoms with Crippen LogP contribution in [0.25, 0.3) is 0 Å². The SMILES string of the molecule is COc1c(F)cc(Cl)c2c1C(CN1C(=O)c3ccccc3C1=O)=NCC2. The third kappa shape index (κ3) is 2.41. The Hall–Kier alpha value is -2.73. The molecule has 2 amide bonds. The van der Waals surface area contributed by atoms with Gasteiger partial charge in [-0.1, -0.05) is 23.7 Å². The van der Waals surface area contributed by atoms with E-state index in [2.05, 4.69) is 4.99 Å². The molecule has 0 aliphatic carbocycles. The molecule has 2 heterocycles. The number of amides is 2. The molecule has 0 fully saturated rings. The first-order valence-corrected chi connectivity index (χ1v) is 8.44. The van der Waals surface area contributed by atoms with E-state index in [4.69, 9.17) is 16.3 Å². The highest BCUT2D eigenvalue weighted by Crippen LogP contribution is 2.35. The molecule has 0 N–H and O–H groups in total. The number of nitrogens with zero attached hydrogens (tertiary/aromatic N) is 2. The predicted octanol–water partition coefficient (Wildman–Crippen LogP) is 3.13. The lowest BCUT2D eigenvalue weighted by atomic mass is 9.95. The average molecular weight is 373 g/mol. The van der Waals surface area contributed by atoms with E-state index in [0.29, 0.717) is 40.9 Å². The Morgan fingerprint density at radius 1 is 1.23 bits per heavy atom. The van der Waals surface area contributed by atoms with Crippen LogP contribution >= 0.6 is 11.6 Å². The summed E-state index contributed by atoms with van der Waals surface area (Å²) in [7, 11) is 1.36. The van der Waals surface area contributed by atoms with Crippen LogP contribution in [0.2, 0.25) is 5.02 Å². The Morgan fingerprint density at radius 2 is 1.88 bits per heavy atom. The number of imide groups is 1. The predicted molar refractivity (Wildman–Crippen MR) is 94.9 cm³/mol. The summed E-state index contributed by atoms with van der Waals surface area (Å²) in [6.45, 7) is 0.384. The van der Waals surface area contributed by atoms with Gasteiger partial charge in [0.1, 0.15) is 0 Å². The first-order chi connectivity index (χ1) is 12.5. The number of carbonyl (C=O) groups excluding carboxylic acids is 2. The number of ether oxygens (including phenoxy) is 1. The van der Waals surface area contributed by atoms with Gasteiger partial charge in [-0.15, -0.1) is 0 Å². The summed E-state index contributed by atoms with van der Waals surface area (Å²) < 4.78 is 19.5. The molecule has 0 saturated heterocycles. The van der Waals surface area contributed by atoms with Crippen molar-refractivity contribution in [3.05, 3.63) is 63.4 Å². The van der Waals surface area contributed by atoms with Crippen molar-refractivity contribution in [3.63, 3.8) is 0 Å². The lowest BCUT2D eigenvalue weighted by Crippen LogP contribution is -2.36. The van der Waals surface area contributed by atoms with Gasteiger partial charge in [-0.3, -0.25) is 19.5 Å². The Kier molecular flexibility index (Phi) is 4.00. The second kappa shape index (κ2) is 6.21. The van der Waals surface area contributed by atoms with Crippen LogP contribution in [0.4, 0.5) is 4.39 Å². The first kappa shape index (κ1) is 16.7. The first-order valence-electron chi connectivity index (χ1n) is 8.06. The summed E-state index contributed by atoms with van der Waals surface area (Å²) in [4.78, 5) is 30.7. The molecule has 0 spiro atoms. The highest BCUT2D eigenvalue weighted by Gasteiger charge is 2.37. The summed E-state index contributed by atoms with van der Waals surface area (Å²) in [5.74, 6) is -1.35. The summed E-state index contributed by atoms with van der Waals surface area (Å²) in [6, 6.07) is 7.86. The summed E-state index contributed by atoms with van der Waals surface area (Å²) in [6.07, 6.45) is 0.538. The molecule has 2 aromatic carbocycles. The molecule has 0 radical (unpaired) electrons. The topological polar surface area (TPSA) is 59.0 Å². The van der Waals surface area contributed by atoms with Gasteiger partial charge in [-0.05, 0) is 30.2 Å². The van der Waals surface area contributed by atoms with Gasteiger partial charge in [-0.2, -0.15) is 0 Å². The number of hydrogen-bond donors (Lipinski definition) is 0. The molecule has 0 aromatic heterocycles. The van der Waals surface area contributed by atoms with Crippen LogP contribution in [0.1, 0.15) is 31.8 Å². The van der Waals surface area contributed by atoms with Gasteiger partial charge in [0, 0.05) is 17.1 Å². The van der Waals surface area contributed by atoms with Crippen molar-refractivity contribution in [2.75, 3.05) is 20.2 Å². The van der Waals surface area contributed by atoms with E-state index in [9.17, 15) is 14.0 Å². The molecule has 2 aromatic rings. The van der Waals surface area contributed by atoms with Crippen molar-refractivity contribution in [3.8, 4) is 5.75 Å². The number of fused-ring (bicyclic) bond motifs is 2. The maximum Gasteiger partial charge on any atom is 0.261 e. The molecule has 4 rings (SSSR count). The molecular formula is C19H14ClFN2O3. The molecular weight excluding hydrogens is 359 g/mol. The quantitative estimate of drug-likeness (QED) is 0.778. The van der Waals surface area contributed by atoms with Gasteiger partial charge in [0.25, 0.3) is 11.8 Å². The molecule has 5 nitrogen and oxygen atoms in total. The van der Waals surface area contributed by atoms with E-state index < -0.39 is 5.82 Å². The van der Waals surface area contributed by atoms with Crippen molar-refractivity contribution in [2.24, 2.45) is 4.99 Å². The van der Waals surface area contributed by atoms with Gasteiger partial charge in [-0.25, -0.2) is 4.39 Å². The van der Waals surface area contributed by atoms with Gasteiger partial charge < -0.3 is 4.74 Å². The fourth-order valence-corrected chi connectivity index (χ4v) is 3.72. The Bertz CT molecular complexity index is 952. The minimum absolute atomic E-state index is 0.0273. The number of hydrogen-bond acceptors (Lipinski definition) is 4. The molecule has 26 heavy (non-hydrogen) atoms. The van der Waals surface area contributed by atoms with Gasteiger partial charge in [0.05, 0.1) is 30.5 Å². The highest BCUT2D eigenvalue weighted by molar-refractivity contribution is 6.32. The summed E-state index contributed by atoms with van der Waals surface area (Å²) in [5, 5.41) is 0.285. The summed E-state index contributed by atoms with van der Waals surface area (Å²) in [5.41, 5.74) is 2.28. The lowest BCUT2D eigenvalue weighted by Gasteiger charge is -2.24. The second-order valence-corrected chi connectivity index (χ2v) is 6.45. The van der Waals surface area contributed by atoms with E-state index in [1.54, 1.807) is 24.3 Å². The number of methoxy groups -OCH3 is 1. The minimum atomic E-state index is -0.604. The van der Waals surface area contributed by atoms with Crippen molar-refractivity contribution >= 4 is 29.1 Å². The molecule has 0 saturated carbocycles. The third-order valence-electron chi connectivity index (χ3n) is 4.63. The van der Waals surface area contributed by atoms with Crippen LogP contribution in [0, 0.1) is 5.82 Å². The standard InChI is InChI=1S/C19H14ClFN2O3/c1-26-17-14(21)8-13(20)12-6-7-22-15(16(12)17)9-23-18(24)10-4-2-3-5-11(10)19(23)25/h2-5,8H,6-7,9H2,1H3. The van der Waals surface area contributed by atoms with Crippen LogP contribution in [-0.4, -0.2) is 42.6 Å². The largest absolute Gasteiger partial charge is 0.493 e. The van der Waals surface area contributed by atoms with Crippen LogP contribution in [0.5, 0.6) is 5.75 Å². The molecule has 0 unspecified atom stereocenters. The van der Waals surface area contributed by atoms with Crippen molar-refractivity contribution in [1.29, 1.82) is 0 Å². The highest BCUT2D eigenvalue weighted by atomic mass is 35.5. The van der Waals surface area contributed by atoms with E-state index in [1.165, 1.54) is 13.2 Å². The van der Waals surface area contributed by atoms with E-state index >= 15 is 0 Å². The van der Waals surface area contributed by atoms with Crippen molar-refractivity contribution < 1.29 is 18.7 Å². The zero-order chi connectivity index (χ0) is 18.4. The maximum atomic E-state index is 14.3. The smallest absolute Gasteiger partial charge is 0.261 e. The Labute approximate surface area is 154 Å². The Morgan fingerprint density at radius 3 is 2.50 bits per heavy atom. The third-order valence-corrected chi connectivity index (χ3v) is 4.97. The lowest BCUT2D eigenvalue weighted by molar-refractivity contribution is 0.0677. The number of benzene rings is 2.